The summed E-state index contributed by atoms with van der Waals surface area (Å²) in [5.41, 5.74) is 2.60. The minimum absolute atomic E-state index is 0.0440. The van der Waals surface area contributed by atoms with Crippen LogP contribution in [0.2, 0.25) is 0 Å². The van der Waals surface area contributed by atoms with Crippen LogP contribution in [0.15, 0.2) is 18.2 Å². The molecule has 1 fully saturated rings. The molecule has 0 aromatic heterocycles. The molecule has 1 saturated heterocycles. The molecule has 1 aromatic carbocycles. The molecule has 0 atom stereocenters. The fourth-order valence-corrected chi connectivity index (χ4v) is 2.27. The third kappa shape index (κ3) is 3.36. The summed E-state index contributed by atoms with van der Waals surface area (Å²) in [7, 11) is 0. The molecule has 0 radical (unpaired) electrons. The SMILES string of the molecule is CCOCC(=O)Nc1ccc(C)c(N2CCCC2=O)c1. The highest BCUT2D eigenvalue weighted by molar-refractivity contribution is 5.98. The van der Waals surface area contributed by atoms with Gasteiger partial charge in [-0.3, -0.25) is 9.59 Å². The van der Waals surface area contributed by atoms with E-state index in [1.54, 1.807) is 4.90 Å². The summed E-state index contributed by atoms with van der Waals surface area (Å²) in [5, 5.41) is 2.78. The van der Waals surface area contributed by atoms with Crippen molar-refractivity contribution in [1.82, 2.24) is 0 Å². The van der Waals surface area contributed by atoms with Crippen LogP contribution in [0.5, 0.6) is 0 Å². The summed E-state index contributed by atoms with van der Waals surface area (Å²) in [6.45, 7) is 5.11. The standard InChI is InChI=1S/C15H20N2O3/c1-3-20-10-14(18)16-12-7-6-11(2)13(9-12)17-8-4-5-15(17)19/h6-7,9H,3-5,8,10H2,1-2H3,(H,16,18). The first-order valence-corrected chi connectivity index (χ1v) is 6.90. The molecule has 2 amide bonds. The third-order valence-electron chi connectivity index (χ3n) is 3.29. The summed E-state index contributed by atoms with van der Waals surface area (Å²) in [5.74, 6) is -0.0414. The molecule has 0 saturated carbocycles. The number of hydrogen-bond donors (Lipinski definition) is 1. The lowest BCUT2D eigenvalue weighted by molar-refractivity contribution is -0.120. The van der Waals surface area contributed by atoms with Crippen molar-refractivity contribution in [2.45, 2.75) is 26.7 Å². The fourth-order valence-electron chi connectivity index (χ4n) is 2.27. The summed E-state index contributed by atoms with van der Waals surface area (Å²) < 4.78 is 5.06. The van der Waals surface area contributed by atoms with Gasteiger partial charge in [0.15, 0.2) is 0 Å². The maximum absolute atomic E-state index is 11.8. The van der Waals surface area contributed by atoms with Gasteiger partial charge < -0.3 is 15.0 Å². The number of nitrogens with one attached hydrogen (secondary N) is 1. The average Bonchev–Trinajstić information content (AvgIpc) is 2.85. The Kier molecular flexibility index (Phi) is 4.74. The Hall–Kier alpha value is -1.88. The molecule has 1 aliphatic rings. The van der Waals surface area contributed by atoms with Gasteiger partial charge in [0.05, 0.1) is 0 Å². The van der Waals surface area contributed by atoms with Crippen LogP contribution in [0.4, 0.5) is 11.4 Å². The average molecular weight is 276 g/mol. The second-order valence-corrected chi connectivity index (χ2v) is 4.84. The van der Waals surface area contributed by atoms with E-state index in [-0.39, 0.29) is 18.4 Å². The van der Waals surface area contributed by atoms with E-state index in [2.05, 4.69) is 5.32 Å². The first-order valence-electron chi connectivity index (χ1n) is 6.90. The molecular weight excluding hydrogens is 256 g/mol. The Labute approximate surface area is 118 Å². The quantitative estimate of drug-likeness (QED) is 0.896. The highest BCUT2D eigenvalue weighted by atomic mass is 16.5. The number of rotatable bonds is 5. The lowest BCUT2D eigenvalue weighted by Crippen LogP contribution is -2.25. The minimum Gasteiger partial charge on any atom is -0.372 e. The van der Waals surface area contributed by atoms with Crippen molar-refractivity contribution in [1.29, 1.82) is 0 Å². The molecule has 1 aromatic rings. The van der Waals surface area contributed by atoms with Crippen LogP contribution in [0, 0.1) is 6.92 Å². The van der Waals surface area contributed by atoms with Gasteiger partial charge in [0.25, 0.3) is 0 Å². The van der Waals surface area contributed by atoms with E-state index < -0.39 is 0 Å². The van der Waals surface area contributed by atoms with Gasteiger partial charge in [0, 0.05) is 30.9 Å². The fraction of sp³-hybridized carbons (Fsp3) is 0.467. The number of amides is 2. The molecule has 1 heterocycles. The number of carbonyl (C=O) groups is 2. The highest BCUT2D eigenvalue weighted by Crippen LogP contribution is 2.28. The van der Waals surface area contributed by atoms with Crippen LogP contribution in [0.3, 0.4) is 0 Å². The molecule has 5 nitrogen and oxygen atoms in total. The molecule has 1 aliphatic heterocycles. The second kappa shape index (κ2) is 6.52. The Morgan fingerprint density at radius 2 is 2.25 bits per heavy atom. The van der Waals surface area contributed by atoms with Gasteiger partial charge in [0.2, 0.25) is 11.8 Å². The largest absolute Gasteiger partial charge is 0.372 e. The van der Waals surface area contributed by atoms with Gasteiger partial charge in [-0.15, -0.1) is 0 Å². The van der Waals surface area contributed by atoms with E-state index in [0.29, 0.717) is 18.7 Å². The summed E-state index contributed by atoms with van der Waals surface area (Å²) in [6.07, 6.45) is 1.49. The van der Waals surface area contributed by atoms with Crippen molar-refractivity contribution >= 4 is 23.2 Å². The van der Waals surface area contributed by atoms with Crippen molar-refractivity contribution in [3.63, 3.8) is 0 Å². The van der Waals surface area contributed by atoms with Crippen molar-refractivity contribution < 1.29 is 14.3 Å². The monoisotopic (exact) mass is 276 g/mol. The molecular formula is C15H20N2O3. The molecule has 0 spiro atoms. The highest BCUT2D eigenvalue weighted by Gasteiger charge is 2.23. The Morgan fingerprint density at radius 1 is 1.45 bits per heavy atom. The number of benzene rings is 1. The summed E-state index contributed by atoms with van der Waals surface area (Å²) >= 11 is 0. The van der Waals surface area contributed by atoms with Crippen molar-refractivity contribution in [3.05, 3.63) is 23.8 Å². The zero-order valence-corrected chi connectivity index (χ0v) is 11.9. The smallest absolute Gasteiger partial charge is 0.250 e. The topological polar surface area (TPSA) is 58.6 Å². The first-order chi connectivity index (χ1) is 9.61. The number of hydrogen-bond acceptors (Lipinski definition) is 3. The maximum atomic E-state index is 11.8. The molecule has 0 aliphatic carbocycles. The van der Waals surface area contributed by atoms with E-state index in [4.69, 9.17) is 4.74 Å². The van der Waals surface area contributed by atoms with Crippen LogP contribution in [0.25, 0.3) is 0 Å². The molecule has 0 bridgehead atoms. The number of aryl methyl sites for hydroxylation is 1. The lowest BCUT2D eigenvalue weighted by atomic mass is 10.1. The van der Waals surface area contributed by atoms with Gasteiger partial charge in [-0.25, -0.2) is 0 Å². The van der Waals surface area contributed by atoms with Crippen LogP contribution in [-0.4, -0.2) is 31.6 Å². The number of ether oxygens (including phenoxy) is 1. The molecule has 5 heteroatoms. The number of carbonyl (C=O) groups excluding carboxylic acids is 2. The number of anilines is 2. The van der Waals surface area contributed by atoms with Crippen molar-refractivity contribution in [2.24, 2.45) is 0 Å². The Morgan fingerprint density at radius 3 is 2.90 bits per heavy atom. The van der Waals surface area contributed by atoms with E-state index in [0.717, 1.165) is 24.2 Å². The van der Waals surface area contributed by atoms with Gasteiger partial charge in [-0.2, -0.15) is 0 Å². The first kappa shape index (κ1) is 14.5. The molecule has 108 valence electrons. The molecule has 1 N–H and O–H groups in total. The van der Waals surface area contributed by atoms with Crippen LogP contribution in [-0.2, 0) is 14.3 Å². The summed E-state index contributed by atoms with van der Waals surface area (Å²) in [6, 6.07) is 5.60. The number of nitrogens with zero attached hydrogens (tertiary/aromatic N) is 1. The molecule has 2 rings (SSSR count). The Bertz CT molecular complexity index is 514. The van der Waals surface area contributed by atoms with E-state index >= 15 is 0 Å². The maximum Gasteiger partial charge on any atom is 0.250 e. The zero-order valence-electron chi connectivity index (χ0n) is 11.9. The van der Waals surface area contributed by atoms with E-state index in [9.17, 15) is 9.59 Å². The third-order valence-corrected chi connectivity index (χ3v) is 3.29. The van der Waals surface area contributed by atoms with Gasteiger partial charge in [0.1, 0.15) is 6.61 Å². The van der Waals surface area contributed by atoms with Crippen LogP contribution in [0.1, 0.15) is 25.3 Å². The van der Waals surface area contributed by atoms with Gasteiger partial charge in [-0.1, -0.05) is 6.07 Å². The minimum atomic E-state index is -0.186. The summed E-state index contributed by atoms with van der Waals surface area (Å²) in [4.78, 5) is 25.2. The van der Waals surface area contributed by atoms with Gasteiger partial charge in [-0.05, 0) is 38.0 Å². The predicted molar refractivity (Wildman–Crippen MR) is 77.9 cm³/mol. The van der Waals surface area contributed by atoms with E-state index in [1.807, 2.05) is 32.0 Å². The molecule has 20 heavy (non-hydrogen) atoms. The van der Waals surface area contributed by atoms with Crippen LogP contribution >= 0.6 is 0 Å². The van der Waals surface area contributed by atoms with Crippen LogP contribution < -0.4 is 10.2 Å². The van der Waals surface area contributed by atoms with Gasteiger partial charge >= 0.3 is 0 Å². The predicted octanol–water partition coefficient (Wildman–Crippen LogP) is 2.10. The zero-order chi connectivity index (χ0) is 14.5. The molecule has 0 unspecified atom stereocenters. The van der Waals surface area contributed by atoms with Crippen molar-refractivity contribution in [3.8, 4) is 0 Å². The van der Waals surface area contributed by atoms with Crippen molar-refractivity contribution in [2.75, 3.05) is 30.0 Å². The normalized spacial score (nSPS) is 14.7. The lowest BCUT2D eigenvalue weighted by Gasteiger charge is -2.19. The second-order valence-electron chi connectivity index (χ2n) is 4.84. The Balaban J connectivity index is 2.12. The van der Waals surface area contributed by atoms with E-state index in [1.165, 1.54) is 0 Å².